The second kappa shape index (κ2) is 8.75. The molecular weight excluding hydrogens is 248 g/mol. The van der Waals surface area contributed by atoms with Crippen molar-refractivity contribution >= 4 is 5.91 Å². The minimum Gasteiger partial charge on any atom is -0.353 e. The lowest BCUT2D eigenvalue weighted by Crippen LogP contribution is -2.33. The van der Waals surface area contributed by atoms with E-state index in [2.05, 4.69) is 26.1 Å². The topological polar surface area (TPSA) is 55.1 Å². The van der Waals surface area contributed by atoms with E-state index >= 15 is 0 Å². The van der Waals surface area contributed by atoms with Crippen molar-refractivity contribution in [2.75, 3.05) is 0 Å². The maximum Gasteiger partial charge on any atom is 0.224 e. The van der Waals surface area contributed by atoms with Crippen LogP contribution in [0.3, 0.4) is 0 Å². The van der Waals surface area contributed by atoms with E-state index in [9.17, 15) is 4.79 Å². The van der Waals surface area contributed by atoms with Gasteiger partial charge in [-0.1, -0.05) is 51.0 Å². The quantitative estimate of drug-likeness (QED) is 0.767. The summed E-state index contributed by atoms with van der Waals surface area (Å²) in [5.74, 6) is 0.817. The highest BCUT2D eigenvalue weighted by Crippen LogP contribution is 2.10. The number of carbonyl (C=O) groups excluding carboxylic acids is 1. The third kappa shape index (κ3) is 6.20. The van der Waals surface area contributed by atoms with Crippen LogP contribution in [0.25, 0.3) is 0 Å². The number of rotatable bonds is 8. The minimum absolute atomic E-state index is 0.0861. The van der Waals surface area contributed by atoms with E-state index in [1.54, 1.807) is 0 Å². The Balaban J connectivity index is 2.39. The highest BCUT2D eigenvalue weighted by Gasteiger charge is 2.10. The summed E-state index contributed by atoms with van der Waals surface area (Å²) < 4.78 is 0. The summed E-state index contributed by atoms with van der Waals surface area (Å²) in [6.45, 7) is 7.01. The molecular formula is C17H28N2O. The average Bonchev–Trinajstić information content (AvgIpc) is 2.38. The van der Waals surface area contributed by atoms with Crippen molar-refractivity contribution in [2.24, 2.45) is 11.7 Å². The monoisotopic (exact) mass is 276 g/mol. The summed E-state index contributed by atoms with van der Waals surface area (Å²) in [4.78, 5) is 12.0. The molecule has 0 fully saturated rings. The second-order valence-corrected chi connectivity index (χ2v) is 5.94. The van der Waals surface area contributed by atoms with E-state index in [1.165, 1.54) is 12.8 Å². The van der Waals surface area contributed by atoms with Gasteiger partial charge in [0.2, 0.25) is 5.91 Å². The Bertz CT molecular complexity index is 415. The van der Waals surface area contributed by atoms with Crippen molar-refractivity contribution in [3.63, 3.8) is 0 Å². The van der Waals surface area contributed by atoms with Gasteiger partial charge in [-0.15, -0.1) is 0 Å². The van der Waals surface area contributed by atoms with Crippen molar-refractivity contribution < 1.29 is 4.79 Å². The molecule has 0 aliphatic carbocycles. The first kappa shape index (κ1) is 16.7. The minimum atomic E-state index is 0.0861. The summed E-state index contributed by atoms with van der Waals surface area (Å²) in [6.07, 6.45) is 3.85. The van der Waals surface area contributed by atoms with Gasteiger partial charge in [0.05, 0.1) is 6.42 Å². The van der Waals surface area contributed by atoms with Crippen LogP contribution in [0.5, 0.6) is 0 Å². The summed E-state index contributed by atoms with van der Waals surface area (Å²) >= 11 is 0. The van der Waals surface area contributed by atoms with Crippen LogP contribution < -0.4 is 11.1 Å². The van der Waals surface area contributed by atoms with E-state index < -0.39 is 0 Å². The predicted molar refractivity (Wildman–Crippen MR) is 84.3 cm³/mol. The zero-order valence-corrected chi connectivity index (χ0v) is 13.0. The molecule has 0 aliphatic rings. The molecule has 0 spiro atoms. The molecule has 0 heterocycles. The maximum atomic E-state index is 12.0. The van der Waals surface area contributed by atoms with E-state index in [1.807, 2.05) is 24.3 Å². The number of hydrogen-bond donors (Lipinski definition) is 2. The SMILES string of the molecule is CC(C)CCCC(C)NC(=O)Cc1ccccc1CN. The van der Waals surface area contributed by atoms with Crippen LogP contribution in [0.4, 0.5) is 0 Å². The molecule has 0 bridgehead atoms. The van der Waals surface area contributed by atoms with E-state index in [0.29, 0.717) is 13.0 Å². The zero-order chi connectivity index (χ0) is 15.0. The van der Waals surface area contributed by atoms with Gasteiger partial charge in [-0.3, -0.25) is 4.79 Å². The van der Waals surface area contributed by atoms with Gasteiger partial charge < -0.3 is 11.1 Å². The highest BCUT2D eigenvalue weighted by molar-refractivity contribution is 5.79. The first-order chi connectivity index (χ1) is 9.52. The lowest BCUT2D eigenvalue weighted by atomic mass is 10.0. The summed E-state index contributed by atoms with van der Waals surface area (Å²) in [7, 11) is 0. The predicted octanol–water partition coefficient (Wildman–Crippen LogP) is 3.02. The van der Waals surface area contributed by atoms with Crippen LogP contribution in [-0.2, 0) is 17.8 Å². The Morgan fingerprint density at radius 3 is 2.40 bits per heavy atom. The number of benzene rings is 1. The molecule has 1 aromatic carbocycles. The smallest absolute Gasteiger partial charge is 0.224 e. The van der Waals surface area contributed by atoms with E-state index in [4.69, 9.17) is 5.73 Å². The number of nitrogens with two attached hydrogens (primary N) is 1. The molecule has 0 saturated carbocycles. The summed E-state index contributed by atoms with van der Waals surface area (Å²) in [5.41, 5.74) is 7.77. The molecule has 1 atom stereocenters. The van der Waals surface area contributed by atoms with Crippen LogP contribution in [0.2, 0.25) is 0 Å². The number of hydrogen-bond acceptors (Lipinski definition) is 2. The van der Waals surface area contributed by atoms with Crippen molar-refractivity contribution in [1.82, 2.24) is 5.32 Å². The van der Waals surface area contributed by atoms with Gasteiger partial charge >= 0.3 is 0 Å². The van der Waals surface area contributed by atoms with Crippen molar-refractivity contribution in [3.05, 3.63) is 35.4 Å². The molecule has 1 amide bonds. The van der Waals surface area contributed by atoms with Crippen LogP contribution in [0.15, 0.2) is 24.3 Å². The van der Waals surface area contributed by atoms with Crippen molar-refractivity contribution in [2.45, 2.75) is 59.0 Å². The van der Waals surface area contributed by atoms with Crippen molar-refractivity contribution in [1.29, 1.82) is 0 Å². The largest absolute Gasteiger partial charge is 0.353 e. The second-order valence-electron chi connectivity index (χ2n) is 5.94. The first-order valence-corrected chi connectivity index (χ1v) is 7.59. The van der Waals surface area contributed by atoms with Gasteiger partial charge in [0.15, 0.2) is 0 Å². The Morgan fingerprint density at radius 1 is 1.15 bits per heavy atom. The van der Waals surface area contributed by atoms with Gasteiger partial charge in [0.1, 0.15) is 0 Å². The highest BCUT2D eigenvalue weighted by atomic mass is 16.1. The zero-order valence-electron chi connectivity index (χ0n) is 13.0. The Kier molecular flexibility index (Phi) is 7.31. The number of amides is 1. The fraction of sp³-hybridized carbons (Fsp3) is 0.588. The van der Waals surface area contributed by atoms with Gasteiger partial charge in [-0.2, -0.15) is 0 Å². The molecule has 3 heteroatoms. The lowest BCUT2D eigenvalue weighted by molar-refractivity contribution is -0.121. The normalized spacial score (nSPS) is 12.4. The van der Waals surface area contributed by atoms with Crippen LogP contribution in [0.1, 0.15) is 51.2 Å². The van der Waals surface area contributed by atoms with Crippen LogP contribution in [-0.4, -0.2) is 11.9 Å². The molecule has 1 rings (SSSR count). The molecule has 3 N–H and O–H groups in total. The van der Waals surface area contributed by atoms with Gasteiger partial charge in [-0.05, 0) is 30.4 Å². The molecule has 112 valence electrons. The van der Waals surface area contributed by atoms with E-state index in [0.717, 1.165) is 23.5 Å². The molecule has 20 heavy (non-hydrogen) atoms. The maximum absolute atomic E-state index is 12.0. The molecule has 0 aromatic heterocycles. The summed E-state index contributed by atoms with van der Waals surface area (Å²) in [6, 6.07) is 8.11. The number of nitrogens with one attached hydrogen (secondary N) is 1. The van der Waals surface area contributed by atoms with Crippen LogP contribution in [0, 0.1) is 5.92 Å². The third-order valence-electron chi connectivity index (χ3n) is 3.52. The molecule has 1 aromatic rings. The van der Waals surface area contributed by atoms with Crippen LogP contribution >= 0.6 is 0 Å². The molecule has 0 saturated heterocycles. The fourth-order valence-electron chi connectivity index (χ4n) is 2.33. The van der Waals surface area contributed by atoms with E-state index in [-0.39, 0.29) is 11.9 Å². The standard InChI is InChI=1S/C17H28N2O/c1-13(2)7-6-8-14(3)19-17(20)11-15-9-4-5-10-16(15)12-18/h4-5,9-10,13-14H,6-8,11-12,18H2,1-3H3,(H,19,20). The molecule has 3 nitrogen and oxygen atoms in total. The number of carbonyl (C=O) groups is 1. The Morgan fingerprint density at radius 2 is 1.80 bits per heavy atom. The Hall–Kier alpha value is -1.35. The van der Waals surface area contributed by atoms with Gasteiger partial charge in [0.25, 0.3) is 0 Å². The Labute approximate surface area is 122 Å². The lowest BCUT2D eigenvalue weighted by Gasteiger charge is -2.15. The molecule has 0 aliphatic heterocycles. The van der Waals surface area contributed by atoms with Gasteiger partial charge in [0, 0.05) is 12.6 Å². The molecule has 0 radical (unpaired) electrons. The van der Waals surface area contributed by atoms with Gasteiger partial charge in [-0.25, -0.2) is 0 Å². The first-order valence-electron chi connectivity index (χ1n) is 7.59. The third-order valence-corrected chi connectivity index (χ3v) is 3.52. The van der Waals surface area contributed by atoms with Crippen molar-refractivity contribution in [3.8, 4) is 0 Å². The molecule has 1 unspecified atom stereocenters. The average molecular weight is 276 g/mol. The summed E-state index contributed by atoms with van der Waals surface area (Å²) in [5, 5.41) is 3.07. The fourth-order valence-corrected chi connectivity index (χ4v) is 2.33.